The third-order valence-electron chi connectivity index (χ3n) is 3.19. The number of nitrogens with zero attached hydrogens (tertiary/aromatic N) is 2. The van der Waals surface area contributed by atoms with Crippen molar-refractivity contribution in [1.82, 2.24) is 9.97 Å². The molecule has 0 atom stereocenters. The topological polar surface area (TPSA) is 104 Å². The molecule has 22 heavy (non-hydrogen) atoms. The zero-order valence-corrected chi connectivity index (χ0v) is 11.8. The van der Waals surface area contributed by atoms with Gasteiger partial charge in [-0.05, 0) is 18.2 Å². The summed E-state index contributed by atoms with van der Waals surface area (Å²) in [6.45, 7) is 0. The maximum absolute atomic E-state index is 12.2. The molecule has 0 aromatic carbocycles. The highest BCUT2D eigenvalue weighted by atomic mass is 35.5. The van der Waals surface area contributed by atoms with Gasteiger partial charge >= 0.3 is 0 Å². The number of aliphatic hydroxyl groups is 1. The maximum atomic E-state index is 12.2. The molecule has 0 saturated carbocycles. The standard InChI is InChI=1S/C15H8ClN3O3/c16-8-4-9-12(19-6-8)14(21)10(15(22)13(9)20)11(17)7-2-1-3-18-5-7/h1-6,17,21H. The molecule has 2 N–H and O–H groups in total. The second-order valence-corrected chi connectivity index (χ2v) is 4.98. The molecule has 108 valence electrons. The van der Waals surface area contributed by atoms with Crippen LogP contribution in [0.4, 0.5) is 0 Å². The summed E-state index contributed by atoms with van der Waals surface area (Å²) in [7, 11) is 0. The minimum Gasteiger partial charge on any atom is -0.505 e. The molecule has 0 bridgehead atoms. The first kappa shape index (κ1) is 14.1. The molecule has 2 heterocycles. The van der Waals surface area contributed by atoms with Gasteiger partial charge in [-0.2, -0.15) is 0 Å². The highest BCUT2D eigenvalue weighted by molar-refractivity contribution is 6.58. The molecular formula is C15H8ClN3O3. The summed E-state index contributed by atoms with van der Waals surface area (Å²) in [5, 5.41) is 18.5. The van der Waals surface area contributed by atoms with Crippen LogP contribution in [0.3, 0.4) is 0 Å². The third kappa shape index (κ3) is 2.10. The number of fused-ring (bicyclic) bond motifs is 1. The van der Waals surface area contributed by atoms with Crippen LogP contribution >= 0.6 is 11.6 Å². The lowest BCUT2D eigenvalue weighted by Gasteiger charge is -2.17. The summed E-state index contributed by atoms with van der Waals surface area (Å²) in [5.41, 5.74) is -0.496. The molecule has 0 unspecified atom stereocenters. The van der Waals surface area contributed by atoms with Gasteiger partial charge in [-0.25, -0.2) is 0 Å². The Hall–Kier alpha value is -2.86. The van der Waals surface area contributed by atoms with E-state index in [1.807, 2.05) is 0 Å². The van der Waals surface area contributed by atoms with Crippen LogP contribution in [0.5, 0.6) is 0 Å². The quantitative estimate of drug-likeness (QED) is 0.653. The number of hydrogen-bond acceptors (Lipinski definition) is 6. The molecule has 2 aromatic heterocycles. The predicted octanol–water partition coefficient (Wildman–Crippen LogP) is 2.23. The Balaban J connectivity index is 2.21. The summed E-state index contributed by atoms with van der Waals surface area (Å²) >= 11 is 5.76. The number of halogens is 1. The van der Waals surface area contributed by atoms with Crippen molar-refractivity contribution in [2.75, 3.05) is 0 Å². The zero-order valence-electron chi connectivity index (χ0n) is 11.0. The first-order valence-corrected chi connectivity index (χ1v) is 6.56. The fourth-order valence-electron chi connectivity index (χ4n) is 2.15. The van der Waals surface area contributed by atoms with Gasteiger partial charge in [-0.3, -0.25) is 25.0 Å². The lowest BCUT2D eigenvalue weighted by molar-refractivity contribution is -0.111. The van der Waals surface area contributed by atoms with E-state index in [2.05, 4.69) is 9.97 Å². The van der Waals surface area contributed by atoms with Gasteiger partial charge in [0.05, 0.1) is 21.9 Å². The number of Topliss-reactive ketones (excluding diaryl/α,β-unsaturated/α-hetero) is 2. The molecule has 1 aliphatic rings. The van der Waals surface area contributed by atoms with Gasteiger partial charge in [0.1, 0.15) is 5.69 Å². The van der Waals surface area contributed by atoms with Gasteiger partial charge in [0.2, 0.25) is 11.6 Å². The van der Waals surface area contributed by atoms with Crippen LogP contribution in [0, 0.1) is 5.41 Å². The molecule has 0 fully saturated rings. The summed E-state index contributed by atoms with van der Waals surface area (Å²) < 4.78 is 0. The highest BCUT2D eigenvalue weighted by Gasteiger charge is 2.36. The van der Waals surface area contributed by atoms with Crippen molar-refractivity contribution >= 4 is 34.6 Å². The fourth-order valence-corrected chi connectivity index (χ4v) is 2.31. The third-order valence-corrected chi connectivity index (χ3v) is 3.40. The number of carbonyl (C=O) groups excluding carboxylic acids is 2. The van der Waals surface area contributed by atoms with E-state index in [0.29, 0.717) is 5.56 Å². The van der Waals surface area contributed by atoms with Crippen molar-refractivity contribution in [3.05, 3.63) is 64.2 Å². The number of carbonyl (C=O) groups is 2. The first-order valence-electron chi connectivity index (χ1n) is 6.18. The minimum absolute atomic E-state index is 0.0577. The Labute approximate surface area is 129 Å². The Kier molecular flexibility index (Phi) is 3.30. The van der Waals surface area contributed by atoms with E-state index in [1.54, 1.807) is 12.1 Å². The highest BCUT2D eigenvalue weighted by Crippen LogP contribution is 2.29. The average molecular weight is 314 g/mol. The average Bonchev–Trinajstić information content (AvgIpc) is 2.53. The minimum atomic E-state index is -0.970. The van der Waals surface area contributed by atoms with Crippen molar-refractivity contribution < 1.29 is 14.7 Å². The second kappa shape index (κ2) is 5.16. The van der Waals surface area contributed by atoms with E-state index >= 15 is 0 Å². The molecule has 6 nitrogen and oxygen atoms in total. The van der Waals surface area contributed by atoms with Gasteiger partial charge in [-0.1, -0.05) is 11.6 Å². The summed E-state index contributed by atoms with van der Waals surface area (Å²) in [6, 6.07) is 4.41. The van der Waals surface area contributed by atoms with Crippen molar-refractivity contribution in [3.63, 3.8) is 0 Å². The van der Waals surface area contributed by atoms with Gasteiger partial charge < -0.3 is 5.11 Å². The lowest BCUT2D eigenvalue weighted by atomic mass is 9.87. The Morgan fingerprint density at radius 3 is 2.68 bits per heavy atom. The van der Waals surface area contributed by atoms with Crippen LogP contribution in [-0.4, -0.2) is 32.4 Å². The van der Waals surface area contributed by atoms with Gasteiger partial charge in [0.15, 0.2) is 5.76 Å². The molecule has 7 heteroatoms. The fraction of sp³-hybridized carbons (Fsp3) is 0. The number of allylic oxidation sites excluding steroid dienone is 1. The molecule has 0 aliphatic heterocycles. The summed E-state index contributed by atoms with van der Waals surface area (Å²) in [5.74, 6) is -2.33. The van der Waals surface area contributed by atoms with Gasteiger partial charge in [0, 0.05) is 24.2 Å². The lowest BCUT2D eigenvalue weighted by Crippen LogP contribution is -2.29. The Morgan fingerprint density at radius 1 is 1.23 bits per heavy atom. The smallest absolute Gasteiger partial charge is 0.239 e. The summed E-state index contributed by atoms with van der Waals surface area (Å²) in [6.07, 6.45) is 4.13. The van der Waals surface area contributed by atoms with Crippen LogP contribution in [0.2, 0.25) is 5.02 Å². The number of rotatable bonds is 2. The number of nitrogens with one attached hydrogen (secondary N) is 1. The van der Waals surface area contributed by atoms with E-state index in [1.165, 1.54) is 24.7 Å². The van der Waals surface area contributed by atoms with E-state index in [-0.39, 0.29) is 27.6 Å². The van der Waals surface area contributed by atoms with Crippen LogP contribution in [0.1, 0.15) is 21.6 Å². The Morgan fingerprint density at radius 2 is 2.00 bits per heavy atom. The molecule has 1 aliphatic carbocycles. The second-order valence-electron chi connectivity index (χ2n) is 4.55. The van der Waals surface area contributed by atoms with Crippen molar-refractivity contribution in [3.8, 4) is 0 Å². The summed E-state index contributed by atoms with van der Waals surface area (Å²) in [4.78, 5) is 32.1. The SMILES string of the molecule is N=C(C1=C(O)c2ncc(Cl)cc2C(=O)C1=O)c1cccnc1. The molecule has 0 spiro atoms. The first-order chi connectivity index (χ1) is 10.5. The predicted molar refractivity (Wildman–Crippen MR) is 79.2 cm³/mol. The van der Waals surface area contributed by atoms with Gasteiger partial charge in [0.25, 0.3) is 0 Å². The molecule has 2 aromatic rings. The molecular weight excluding hydrogens is 306 g/mol. The Bertz CT molecular complexity index is 860. The van der Waals surface area contributed by atoms with Crippen molar-refractivity contribution in [2.24, 2.45) is 0 Å². The van der Waals surface area contributed by atoms with E-state index in [0.717, 1.165) is 0 Å². The number of aliphatic hydroxyl groups excluding tert-OH is 1. The van der Waals surface area contributed by atoms with Crippen molar-refractivity contribution in [1.29, 1.82) is 5.41 Å². The van der Waals surface area contributed by atoms with E-state index in [4.69, 9.17) is 17.0 Å². The molecule has 0 saturated heterocycles. The molecule has 3 rings (SSSR count). The maximum Gasteiger partial charge on any atom is 0.239 e. The van der Waals surface area contributed by atoms with E-state index < -0.39 is 17.3 Å². The van der Waals surface area contributed by atoms with Crippen LogP contribution in [0.25, 0.3) is 5.76 Å². The van der Waals surface area contributed by atoms with Crippen LogP contribution < -0.4 is 0 Å². The largest absolute Gasteiger partial charge is 0.505 e. The normalized spacial score (nSPS) is 14.0. The number of ketones is 2. The zero-order chi connectivity index (χ0) is 15.9. The monoisotopic (exact) mass is 313 g/mol. The van der Waals surface area contributed by atoms with Gasteiger partial charge in [-0.15, -0.1) is 0 Å². The molecule has 0 amide bonds. The van der Waals surface area contributed by atoms with E-state index in [9.17, 15) is 14.7 Å². The van der Waals surface area contributed by atoms with Crippen molar-refractivity contribution in [2.45, 2.75) is 0 Å². The number of aromatic nitrogens is 2. The number of pyridine rings is 2. The number of hydrogen-bond donors (Lipinski definition) is 2. The van der Waals surface area contributed by atoms with Crippen LogP contribution in [0.15, 0.2) is 42.4 Å². The molecule has 0 radical (unpaired) electrons. The van der Waals surface area contributed by atoms with Crippen LogP contribution in [-0.2, 0) is 4.79 Å².